The van der Waals surface area contributed by atoms with Crippen molar-refractivity contribution in [1.82, 2.24) is 14.5 Å². The monoisotopic (exact) mass is 319 g/mol. The Hall–Kier alpha value is -1.17. The van der Waals surface area contributed by atoms with Gasteiger partial charge in [0.25, 0.3) is 0 Å². The summed E-state index contributed by atoms with van der Waals surface area (Å²) < 4.78 is 8.09. The molecule has 1 N–H and O–H groups in total. The molecule has 0 radical (unpaired) electrons. The van der Waals surface area contributed by atoms with Crippen LogP contribution in [0.15, 0.2) is 30.9 Å². The van der Waals surface area contributed by atoms with Crippen LogP contribution in [0.25, 0.3) is 0 Å². The fourth-order valence-corrected chi connectivity index (χ4v) is 3.56. The quantitative estimate of drug-likeness (QED) is 0.819. The minimum Gasteiger partial charge on any atom is -0.390 e. The highest BCUT2D eigenvalue weighted by Crippen LogP contribution is 2.32. The molecule has 1 aliphatic carbocycles. The van der Waals surface area contributed by atoms with Gasteiger partial charge in [-0.05, 0) is 37.7 Å². The second-order valence-electron chi connectivity index (χ2n) is 7.12. The van der Waals surface area contributed by atoms with Gasteiger partial charge in [0, 0.05) is 25.0 Å². The largest absolute Gasteiger partial charge is 0.390 e. The fourth-order valence-electron chi connectivity index (χ4n) is 3.56. The van der Waals surface area contributed by atoms with Crippen LogP contribution in [-0.2, 0) is 4.74 Å². The van der Waals surface area contributed by atoms with E-state index in [1.165, 1.54) is 0 Å². The predicted molar refractivity (Wildman–Crippen MR) is 90.0 cm³/mol. The molecule has 128 valence electrons. The number of aliphatic hydroxyl groups is 1. The molecule has 0 bridgehead atoms. The summed E-state index contributed by atoms with van der Waals surface area (Å²) >= 11 is 0. The van der Waals surface area contributed by atoms with Crippen molar-refractivity contribution in [3.05, 3.63) is 30.9 Å². The zero-order valence-electron chi connectivity index (χ0n) is 14.2. The number of hydrogen-bond acceptors (Lipinski definition) is 4. The molecule has 0 aromatic carbocycles. The molecule has 2 atom stereocenters. The number of hydrogen-bond donors (Lipinski definition) is 1. The molecular formula is C18H29N3O2. The lowest BCUT2D eigenvalue weighted by atomic mass is 9.91. The lowest BCUT2D eigenvalue weighted by Crippen LogP contribution is -2.41. The number of ether oxygens (including phenoxy) is 1. The van der Waals surface area contributed by atoms with E-state index < -0.39 is 0 Å². The van der Waals surface area contributed by atoms with E-state index in [4.69, 9.17) is 4.74 Å². The maximum absolute atomic E-state index is 9.87. The molecule has 1 fully saturated rings. The second kappa shape index (κ2) is 7.60. The first-order valence-electron chi connectivity index (χ1n) is 8.84. The molecule has 0 amide bonds. The molecule has 1 saturated carbocycles. The van der Waals surface area contributed by atoms with Gasteiger partial charge in [-0.1, -0.05) is 19.9 Å². The van der Waals surface area contributed by atoms with Crippen molar-refractivity contribution in [2.75, 3.05) is 13.2 Å². The van der Waals surface area contributed by atoms with Crippen molar-refractivity contribution < 1.29 is 9.84 Å². The van der Waals surface area contributed by atoms with E-state index in [-0.39, 0.29) is 12.0 Å². The van der Waals surface area contributed by atoms with Crippen molar-refractivity contribution in [3.8, 4) is 0 Å². The summed E-state index contributed by atoms with van der Waals surface area (Å²) in [6.07, 6.45) is 15.1. The molecule has 1 aliphatic heterocycles. The molecule has 0 saturated heterocycles. The fraction of sp³-hybridized carbons (Fsp3) is 0.722. The van der Waals surface area contributed by atoms with Gasteiger partial charge >= 0.3 is 0 Å². The molecular weight excluding hydrogens is 290 g/mol. The zero-order chi connectivity index (χ0) is 16.2. The minimum absolute atomic E-state index is 0.262. The van der Waals surface area contributed by atoms with Gasteiger partial charge in [0.2, 0.25) is 0 Å². The maximum atomic E-state index is 9.87. The van der Waals surface area contributed by atoms with Gasteiger partial charge in [-0.15, -0.1) is 0 Å². The van der Waals surface area contributed by atoms with Crippen LogP contribution in [-0.4, -0.2) is 51.0 Å². The van der Waals surface area contributed by atoms with E-state index in [1.54, 1.807) is 0 Å². The Kier molecular flexibility index (Phi) is 5.51. The smallest absolute Gasteiger partial charge is 0.107 e. The van der Waals surface area contributed by atoms with Crippen molar-refractivity contribution in [2.24, 2.45) is 5.92 Å². The summed E-state index contributed by atoms with van der Waals surface area (Å²) in [6, 6.07) is 0.604. The van der Waals surface area contributed by atoms with Crippen LogP contribution in [0.3, 0.4) is 0 Å². The van der Waals surface area contributed by atoms with Crippen molar-refractivity contribution in [2.45, 2.75) is 63.9 Å². The number of nitrogens with zero attached hydrogens (tertiary/aromatic N) is 3. The molecule has 5 nitrogen and oxygen atoms in total. The molecule has 2 heterocycles. The van der Waals surface area contributed by atoms with Crippen LogP contribution >= 0.6 is 0 Å². The highest BCUT2D eigenvalue weighted by molar-refractivity contribution is 5.05. The summed E-state index contributed by atoms with van der Waals surface area (Å²) in [4.78, 5) is 6.73. The molecule has 1 aromatic heterocycles. The van der Waals surface area contributed by atoms with E-state index >= 15 is 0 Å². The molecule has 0 spiro atoms. The zero-order valence-corrected chi connectivity index (χ0v) is 14.2. The van der Waals surface area contributed by atoms with Crippen molar-refractivity contribution >= 4 is 0 Å². The number of rotatable bonds is 6. The molecule has 3 rings (SSSR count). The Morgan fingerprint density at radius 2 is 2.04 bits per heavy atom. The Morgan fingerprint density at radius 3 is 2.70 bits per heavy atom. The molecule has 23 heavy (non-hydrogen) atoms. The van der Waals surface area contributed by atoms with Crippen LogP contribution in [0.2, 0.25) is 0 Å². The summed E-state index contributed by atoms with van der Waals surface area (Å²) in [5.74, 6) is 0.262. The van der Waals surface area contributed by atoms with E-state index in [0.717, 1.165) is 32.2 Å². The summed E-state index contributed by atoms with van der Waals surface area (Å²) in [6.45, 7) is 5.55. The van der Waals surface area contributed by atoms with Crippen LogP contribution in [0.1, 0.15) is 45.7 Å². The number of aromatic nitrogens is 2. The van der Waals surface area contributed by atoms with E-state index in [1.807, 2.05) is 32.6 Å². The Balaban J connectivity index is 1.47. The maximum Gasteiger partial charge on any atom is 0.107 e. The van der Waals surface area contributed by atoms with Gasteiger partial charge in [0.1, 0.15) is 6.17 Å². The first kappa shape index (κ1) is 16.7. The van der Waals surface area contributed by atoms with Crippen LogP contribution < -0.4 is 0 Å². The van der Waals surface area contributed by atoms with E-state index in [2.05, 4.69) is 26.6 Å². The van der Waals surface area contributed by atoms with Gasteiger partial charge in [-0.2, -0.15) is 0 Å². The topological polar surface area (TPSA) is 50.5 Å². The van der Waals surface area contributed by atoms with Gasteiger partial charge in [0.15, 0.2) is 0 Å². The van der Waals surface area contributed by atoms with Gasteiger partial charge in [-0.25, -0.2) is 4.98 Å². The van der Waals surface area contributed by atoms with Gasteiger partial charge in [0.05, 0.1) is 25.1 Å². The minimum atomic E-state index is -0.346. The molecule has 2 aliphatic rings. The standard InChI is InChI=1S/C18H29N3O2/c1-14(2)17(22)12-23-16-7-5-15(6-8-16)21-10-3-4-18(21)20-11-9-19-13-20/h3-4,9,11,13-18,22H,5-8,10,12H2,1-2H3/t15?,16?,17-,18?/m0/s1. The first-order valence-corrected chi connectivity index (χ1v) is 8.84. The normalized spacial score (nSPS) is 30.2. The molecule has 1 aromatic rings. The average molecular weight is 319 g/mol. The molecule has 1 unspecified atom stereocenters. The second-order valence-corrected chi connectivity index (χ2v) is 7.12. The van der Waals surface area contributed by atoms with Gasteiger partial charge < -0.3 is 14.4 Å². The van der Waals surface area contributed by atoms with Crippen LogP contribution in [0.4, 0.5) is 0 Å². The van der Waals surface area contributed by atoms with Crippen LogP contribution in [0, 0.1) is 5.92 Å². The predicted octanol–water partition coefficient (Wildman–Crippen LogP) is 2.60. The molecule has 5 heteroatoms. The Morgan fingerprint density at radius 1 is 1.26 bits per heavy atom. The first-order chi connectivity index (χ1) is 11.1. The third-order valence-electron chi connectivity index (χ3n) is 5.18. The summed E-state index contributed by atoms with van der Waals surface area (Å²) in [5, 5.41) is 9.87. The highest BCUT2D eigenvalue weighted by atomic mass is 16.5. The lowest BCUT2D eigenvalue weighted by molar-refractivity contribution is -0.0478. The summed E-state index contributed by atoms with van der Waals surface area (Å²) in [5.41, 5.74) is 0. The number of aliphatic hydroxyl groups excluding tert-OH is 1. The van der Waals surface area contributed by atoms with E-state index in [0.29, 0.717) is 24.9 Å². The SMILES string of the molecule is CC(C)[C@@H](O)COC1CCC(N2CC=CC2n2ccnc2)CC1. The number of imidazole rings is 1. The Labute approximate surface area is 139 Å². The third kappa shape index (κ3) is 4.03. The third-order valence-corrected chi connectivity index (χ3v) is 5.18. The Bertz CT molecular complexity index is 492. The van der Waals surface area contributed by atoms with Crippen molar-refractivity contribution in [1.29, 1.82) is 0 Å². The van der Waals surface area contributed by atoms with Crippen LogP contribution in [0.5, 0.6) is 0 Å². The average Bonchev–Trinajstić information content (AvgIpc) is 3.23. The summed E-state index contributed by atoms with van der Waals surface area (Å²) in [7, 11) is 0. The van der Waals surface area contributed by atoms with Gasteiger partial charge in [-0.3, -0.25) is 4.90 Å². The lowest BCUT2D eigenvalue weighted by Gasteiger charge is -2.38. The van der Waals surface area contributed by atoms with Crippen molar-refractivity contribution in [3.63, 3.8) is 0 Å². The highest BCUT2D eigenvalue weighted by Gasteiger charge is 2.32. The van der Waals surface area contributed by atoms with E-state index in [9.17, 15) is 5.11 Å².